The van der Waals surface area contributed by atoms with Gasteiger partial charge in [0.05, 0.1) is 10.2 Å². The minimum absolute atomic E-state index is 0.427. The first-order chi connectivity index (χ1) is 6.05. The predicted molar refractivity (Wildman–Crippen MR) is 55.2 cm³/mol. The summed E-state index contributed by atoms with van der Waals surface area (Å²) in [5, 5.41) is -0.470. The quantitative estimate of drug-likeness (QED) is 0.861. The molecule has 7 heteroatoms. The average Bonchev–Trinajstić information content (AvgIpc) is 2.09. The summed E-state index contributed by atoms with van der Waals surface area (Å²) in [6, 6.07) is 1.54. The van der Waals surface area contributed by atoms with Crippen molar-refractivity contribution < 1.29 is 8.42 Å². The molecule has 1 N–H and O–H groups in total. The fourth-order valence-electron chi connectivity index (χ4n) is 0.653. The van der Waals surface area contributed by atoms with Gasteiger partial charge in [0.1, 0.15) is 5.21 Å². The van der Waals surface area contributed by atoms with Crippen LogP contribution in [0.3, 0.4) is 0 Å². The summed E-state index contributed by atoms with van der Waals surface area (Å²) in [5.74, 6) is 0. The Morgan fingerprint density at radius 1 is 1.62 bits per heavy atom. The lowest BCUT2D eigenvalue weighted by Gasteiger charge is -2.05. The van der Waals surface area contributed by atoms with Gasteiger partial charge in [0, 0.05) is 12.4 Å². The Labute approximate surface area is 89.5 Å². The fourth-order valence-corrected chi connectivity index (χ4v) is 1.86. The van der Waals surface area contributed by atoms with Crippen molar-refractivity contribution in [2.45, 2.75) is 0 Å². The molecule has 1 aromatic rings. The summed E-state index contributed by atoms with van der Waals surface area (Å²) in [5.41, 5.74) is 0.427. The molecule has 0 atom stereocenters. The highest BCUT2D eigenvalue weighted by molar-refractivity contribution is 9.10. The number of nitrogens with one attached hydrogen (secondary N) is 1. The number of rotatable bonds is 3. The van der Waals surface area contributed by atoms with Crippen LogP contribution in [0.2, 0.25) is 0 Å². The van der Waals surface area contributed by atoms with E-state index in [1.165, 1.54) is 18.5 Å². The third kappa shape index (κ3) is 3.13. The Hall–Kier alpha value is -0.330. The molecule has 0 saturated carbocycles. The molecular formula is C6H6BrClN2O2S. The van der Waals surface area contributed by atoms with E-state index in [-0.39, 0.29) is 0 Å². The molecule has 0 spiro atoms. The molecule has 0 unspecified atom stereocenters. The van der Waals surface area contributed by atoms with Crippen LogP contribution in [-0.2, 0) is 10.0 Å². The molecule has 0 aromatic carbocycles. The van der Waals surface area contributed by atoms with Crippen LogP contribution < -0.4 is 4.72 Å². The van der Waals surface area contributed by atoms with Gasteiger partial charge in [-0.1, -0.05) is 0 Å². The van der Waals surface area contributed by atoms with Crippen molar-refractivity contribution >= 4 is 43.2 Å². The molecular weight excluding hydrogens is 280 g/mol. The van der Waals surface area contributed by atoms with Gasteiger partial charge in [0.2, 0.25) is 10.0 Å². The van der Waals surface area contributed by atoms with Crippen molar-refractivity contribution in [2.24, 2.45) is 0 Å². The molecule has 4 nitrogen and oxygen atoms in total. The second-order valence-corrected chi connectivity index (χ2v) is 5.34. The number of halogens is 2. The van der Waals surface area contributed by atoms with E-state index in [0.717, 1.165) is 0 Å². The van der Waals surface area contributed by atoms with Crippen LogP contribution in [0.4, 0.5) is 5.69 Å². The zero-order valence-electron chi connectivity index (χ0n) is 6.37. The second-order valence-electron chi connectivity index (χ2n) is 2.18. The van der Waals surface area contributed by atoms with E-state index >= 15 is 0 Å². The second kappa shape index (κ2) is 4.26. The first-order valence-electron chi connectivity index (χ1n) is 3.21. The third-order valence-corrected chi connectivity index (χ3v) is 3.49. The maximum Gasteiger partial charge on any atom is 0.246 e. The minimum atomic E-state index is -3.44. The van der Waals surface area contributed by atoms with Gasteiger partial charge >= 0.3 is 0 Å². The SMILES string of the molecule is O=S(=O)(CCl)Nc1ccncc1Br. The van der Waals surface area contributed by atoms with E-state index in [1.54, 1.807) is 0 Å². The maximum atomic E-state index is 11.0. The van der Waals surface area contributed by atoms with E-state index in [9.17, 15) is 8.42 Å². The average molecular weight is 286 g/mol. The number of pyridine rings is 1. The summed E-state index contributed by atoms with van der Waals surface area (Å²) in [6.45, 7) is 0. The number of aromatic nitrogens is 1. The largest absolute Gasteiger partial charge is 0.281 e. The molecule has 0 bridgehead atoms. The van der Waals surface area contributed by atoms with E-state index < -0.39 is 15.2 Å². The van der Waals surface area contributed by atoms with Crippen molar-refractivity contribution in [2.75, 3.05) is 9.93 Å². The number of hydrogen-bond donors (Lipinski definition) is 1. The van der Waals surface area contributed by atoms with Crippen molar-refractivity contribution in [3.63, 3.8) is 0 Å². The van der Waals surface area contributed by atoms with E-state index in [4.69, 9.17) is 11.6 Å². The maximum absolute atomic E-state index is 11.0. The van der Waals surface area contributed by atoms with Crippen molar-refractivity contribution in [3.05, 3.63) is 22.9 Å². The normalized spacial score (nSPS) is 11.2. The monoisotopic (exact) mass is 284 g/mol. The van der Waals surface area contributed by atoms with Gasteiger partial charge < -0.3 is 0 Å². The van der Waals surface area contributed by atoms with E-state index in [1.807, 2.05) is 0 Å². The summed E-state index contributed by atoms with van der Waals surface area (Å²) in [4.78, 5) is 3.79. The standard InChI is InChI=1S/C6H6BrClN2O2S/c7-5-3-9-2-1-6(5)10-13(11,12)4-8/h1-3H,4H2,(H,9,10). The van der Waals surface area contributed by atoms with Gasteiger partial charge in [-0.05, 0) is 22.0 Å². The third-order valence-electron chi connectivity index (χ3n) is 1.18. The van der Waals surface area contributed by atoms with Gasteiger partial charge in [-0.2, -0.15) is 0 Å². The molecule has 0 aliphatic carbocycles. The van der Waals surface area contributed by atoms with Crippen molar-refractivity contribution in [1.29, 1.82) is 0 Å². The van der Waals surface area contributed by atoms with Crippen LogP contribution in [0.15, 0.2) is 22.9 Å². The van der Waals surface area contributed by atoms with Crippen LogP contribution in [0.25, 0.3) is 0 Å². The molecule has 0 radical (unpaired) electrons. The number of nitrogens with zero attached hydrogens (tertiary/aromatic N) is 1. The highest BCUT2D eigenvalue weighted by Gasteiger charge is 2.09. The molecule has 0 saturated heterocycles. The van der Waals surface area contributed by atoms with Crippen LogP contribution >= 0.6 is 27.5 Å². The molecule has 0 fully saturated rings. The topological polar surface area (TPSA) is 59.1 Å². The Kier molecular flexibility index (Phi) is 3.52. The fraction of sp³-hybridized carbons (Fsp3) is 0.167. The molecule has 1 rings (SSSR count). The molecule has 1 heterocycles. The lowest BCUT2D eigenvalue weighted by molar-refractivity contribution is 0.605. The summed E-state index contributed by atoms with van der Waals surface area (Å²) in [6.07, 6.45) is 2.98. The zero-order chi connectivity index (χ0) is 9.90. The number of sulfonamides is 1. The van der Waals surface area contributed by atoms with Crippen LogP contribution in [-0.4, -0.2) is 18.6 Å². The molecule has 13 heavy (non-hydrogen) atoms. The smallest absolute Gasteiger partial charge is 0.246 e. The highest BCUT2D eigenvalue weighted by atomic mass is 79.9. The zero-order valence-corrected chi connectivity index (χ0v) is 9.53. The van der Waals surface area contributed by atoms with Crippen molar-refractivity contribution in [1.82, 2.24) is 4.98 Å². The van der Waals surface area contributed by atoms with Gasteiger partial charge in [-0.15, -0.1) is 11.6 Å². The minimum Gasteiger partial charge on any atom is -0.281 e. The van der Waals surface area contributed by atoms with Gasteiger partial charge in [-0.3, -0.25) is 9.71 Å². The van der Waals surface area contributed by atoms with E-state index in [0.29, 0.717) is 10.2 Å². The number of alkyl halides is 1. The lowest BCUT2D eigenvalue weighted by atomic mass is 10.4. The Balaban J connectivity index is 2.93. The molecule has 0 amide bonds. The van der Waals surface area contributed by atoms with Gasteiger partial charge in [0.15, 0.2) is 0 Å². The van der Waals surface area contributed by atoms with Crippen LogP contribution in [0.5, 0.6) is 0 Å². The summed E-state index contributed by atoms with van der Waals surface area (Å²) >= 11 is 8.36. The molecule has 1 aromatic heterocycles. The van der Waals surface area contributed by atoms with Gasteiger partial charge in [-0.25, -0.2) is 8.42 Å². The first kappa shape index (κ1) is 10.7. The number of hydrogen-bond acceptors (Lipinski definition) is 3. The Morgan fingerprint density at radius 3 is 2.85 bits per heavy atom. The molecule has 72 valence electrons. The Morgan fingerprint density at radius 2 is 2.31 bits per heavy atom. The highest BCUT2D eigenvalue weighted by Crippen LogP contribution is 2.21. The predicted octanol–water partition coefficient (Wildman–Crippen LogP) is 1.78. The lowest BCUT2D eigenvalue weighted by Crippen LogP contribution is -2.13. The van der Waals surface area contributed by atoms with Gasteiger partial charge in [0.25, 0.3) is 0 Å². The summed E-state index contributed by atoms with van der Waals surface area (Å²) < 4.78 is 24.9. The van der Waals surface area contributed by atoms with Crippen LogP contribution in [0.1, 0.15) is 0 Å². The Bertz CT molecular complexity index is 395. The molecule has 0 aliphatic heterocycles. The first-order valence-corrected chi connectivity index (χ1v) is 6.19. The summed E-state index contributed by atoms with van der Waals surface area (Å²) in [7, 11) is -3.44. The van der Waals surface area contributed by atoms with Crippen LogP contribution in [0, 0.1) is 0 Å². The van der Waals surface area contributed by atoms with Crippen molar-refractivity contribution in [3.8, 4) is 0 Å². The van der Waals surface area contributed by atoms with E-state index in [2.05, 4.69) is 25.6 Å². The number of anilines is 1. The molecule has 0 aliphatic rings.